The number of terminal acetylenes is 2. The predicted octanol–water partition coefficient (Wildman–Crippen LogP) is 6.54. The van der Waals surface area contributed by atoms with E-state index in [0.717, 1.165) is 0 Å². The standard InChI is InChI=1S/C18H18.C14H2.4H2/c1-18(2,3)17-12-13-8-4-5-9-14(13)15-10-6-7-11-16(15)17;1-3-5-7-9-11-13-14-12-10-8-6-4-2;;;;/h4-12H,1-3H3;1-2H;4*1H. The average molecular weight is 413 g/mol. The van der Waals surface area contributed by atoms with E-state index in [4.69, 9.17) is 12.8 Å². The first kappa shape index (κ1) is 23.4. The lowest BCUT2D eigenvalue weighted by Crippen LogP contribution is -2.11. The summed E-state index contributed by atoms with van der Waals surface area (Å²) < 4.78 is 0. The molecule has 3 rings (SSSR count). The molecule has 0 nitrogen and oxygen atoms in total. The van der Waals surface area contributed by atoms with Crippen molar-refractivity contribution in [2.75, 3.05) is 0 Å². The van der Waals surface area contributed by atoms with Crippen molar-refractivity contribution in [2.45, 2.75) is 26.2 Å². The summed E-state index contributed by atoms with van der Waals surface area (Å²) in [7, 11) is 0. The molecule has 0 spiro atoms. The summed E-state index contributed by atoms with van der Waals surface area (Å²) in [4.78, 5) is 0. The van der Waals surface area contributed by atoms with Gasteiger partial charge in [0, 0.05) is 5.71 Å². The van der Waals surface area contributed by atoms with Crippen molar-refractivity contribution in [2.24, 2.45) is 0 Å². The quantitative estimate of drug-likeness (QED) is 0.290. The topological polar surface area (TPSA) is 0 Å². The lowest BCUT2D eigenvalue weighted by Gasteiger charge is -2.22. The molecule has 0 aliphatic rings. The molecule has 0 saturated carbocycles. The van der Waals surface area contributed by atoms with Gasteiger partial charge in [0.15, 0.2) is 0 Å². The maximum absolute atomic E-state index is 4.86. The summed E-state index contributed by atoms with van der Waals surface area (Å²) in [5.41, 5.74) is 1.60. The van der Waals surface area contributed by atoms with Crippen LogP contribution in [0.2, 0.25) is 0 Å². The lowest BCUT2D eigenvalue weighted by atomic mass is 9.82. The second kappa shape index (κ2) is 11.9. The van der Waals surface area contributed by atoms with Crippen molar-refractivity contribution in [3.8, 4) is 83.9 Å². The molecule has 3 aromatic rings. The SMILES string of the molecule is C#CC#CC#CC#CC#CC#CC#C.CC(C)(C)c1cc2ccccc2c2ccccc12.[HH].[HH].[HH].[HH]. The first-order valence-electron chi connectivity index (χ1n) is 9.81. The van der Waals surface area contributed by atoms with Crippen molar-refractivity contribution in [3.63, 3.8) is 0 Å². The zero-order valence-corrected chi connectivity index (χ0v) is 18.4. The highest BCUT2D eigenvalue weighted by Gasteiger charge is 2.17. The summed E-state index contributed by atoms with van der Waals surface area (Å²) in [6.45, 7) is 6.84. The van der Waals surface area contributed by atoms with Gasteiger partial charge in [-0.3, -0.25) is 0 Å². The van der Waals surface area contributed by atoms with E-state index in [0.29, 0.717) is 0 Å². The number of hydrogen-bond donors (Lipinski definition) is 0. The number of hydrogen-bond acceptors (Lipinski definition) is 0. The maximum Gasteiger partial charge on any atom is 0 e. The molecule has 0 radical (unpaired) electrons. The van der Waals surface area contributed by atoms with E-state index in [9.17, 15) is 0 Å². The van der Waals surface area contributed by atoms with Crippen molar-refractivity contribution in [1.82, 2.24) is 0 Å². The normalized spacial score (nSPS) is 8.41. The van der Waals surface area contributed by atoms with Crippen molar-refractivity contribution >= 4 is 21.5 Å². The van der Waals surface area contributed by atoms with Gasteiger partial charge in [0.2, 0.25) is 0 Å². The van der Waals surface area contributed by atoms with Gasteiger partial charge in [0.05, 0.1) is 0 Å². The Kier molecular flexibility index (Phi) is 8.73. The Morgan fingerprint density at radius 3 is 1.44 bits per heavy atom. The van der Waals surface area contributed by atoms with Gasteiger partial charge < -0.3 is 0 Å². The third-order valence-corrected chi connectivity index (χ3v) is 4.28. The summed E-state index contributed by atoms with van der Waals surface area (Å²) in [5.74, 6) is 28.3. The molecule has 0 heteroatoms. The van der Waals surface area contributed by atoms with Crippen LogP contribution in [0.5, 0.6) is 0 Å². The van der Waals surface area contributed by atoms with Crippen LogP contribution in [0.15, 0.2) is 54.6 Å². The monoisotopic (exact) mass is 412 g/mol. The van der Waals surface area contributed by atoms with Gasteiger partial charge in [-0.05, 0) is 110 Å². The van der Waals surface area contributed by atoms with Crippen LogP contribution in [-0.2, 0) is 5.41 Å². The molecule has 0 N–H and O–H groups in total. The Labute approximate surface area is 197 Å². The molecule has 0 aliphatic carbocycles. The number of benzene rings is 3. The largest absolute Gasteiger partial charge is 0.106 e. The summed E-state index contributed by atoms with van der Waals surface area (Å²) in [5, 5.41) is 5.42. The predicted molar refractivity (Wildman–Crippen MR) is 145 cm³/mol. The molecule has 3 aromatic carbocycles. The Hall–Kier alpha value is -4.90. The van der Waals surface area contributed by atoms with Gasteiger partial charge >= 0.3 is 0 Å². The van der Waals surface area contributed by atoms with Crippen LogP contribution < -0.4 is 0 Å². The van der Waals surface area contributed by atoms with Gasteiger partial charge in [-0.2, -0.15) is 0 Å². The fraction of sp³-hybridized carbons (Fsp3) is 0.125. The van der Waals surface area contributed by atoms with Gasteiger partial charge in [0.25, 0.3) is 0 Å². The van der Waals surface area contributed by atoms with E-state index in [1.807, 2.05) is 0 Å². The molecular formula is C32H28. The minimum Gasteiger partial charge on any atom is -0.106 e. The van der Waals surface area contributed by atoms with E-state index in [2.05, 4.69) is 146 Å². The first-order chi connectivity index (χ1) is 15.5. The highest BCUT2D eigenvalue weighted by atomic mass is 14.2. The second-order valence-electron chi connectivity index (χ2n) is 7.48. The molecular weight excluding hydrogens is 384 g/mol. The average Bonchev–Trinajstić information content (AvgIpc) is 2.79. The summed E-state index contributed by atoms with van der Waals surface area (Å²) in [6.07, 6.45) is 9.71. The number of rotatable bonds is 0. The highest BCUT2D eigenvalue weighted by molar-refractivity contribution is 6.09. The zero-order chi connectivity index (χ0) is 23.2. The van der Waals surface area contributed by atoms with Crippen LogP contribution in [0.25, 0.3) is 21.5 Å². The van der Waals surface area contributed by atoms with Crippen LogP contribution in [0.4, 0.5) is 0 Å². The lowest BCUT2D eigenvalue weighted by molar-refractivity contribution is 0.596. The Morgan fingerprint density at radius 1 is 0.562 bits per heavy atom. The minimum atomic E-state index is 0. The highest BCUT2D eigenvalue weighted by Crippen LogP contribution is 2.35. The zero-order valence-electron chi connectivity index (χ0n) is 18.4. The second-order valence-corrected chi connectivity index (χ2v) is 7.48. The van der Waals surface area contributed by atoms with Crippen LogP contribution in [-0.4, -0.2) is 0 Å². The molecule has 156 valence electrons. The molecule has 0 saturated heterocycles. The van der Waals surface area contributed by atoms with E-state index >= 15 is 0 Å². The molecule has 0 bridgehead atoms. The minimum absolute atomic E-state index is 0. The Morgan fingerprint density at radius 2 is 0.969 bits per heavy atom. The van der Waals surface area contributed by atoms with Gasteiger partial charge in [0.1, 0.15) is 0 Å². The maximum atomic E-state index is 4.86. The molecule has 0 heterocycles. The molecule has 0 aliphatic heterocycles. The summed E-state index contributed by atoms with van der Waals surface area (Å²) in [6, 6.07) is 19.7. The third kappa shape index (κ3) is 6.86. The van der Waals surface area contributed by atoms with E-state index in [1.54, 1.807) is 0 Å². The first-order valence-corrected chi connectivity index (χ1v) is 9.81. The molecule has 0 amide bonds. The van der Waals surface area contributed by atoms with Gasteiger partial charge in [-0.1, -0.05) is 69.3 Å². The van der Waals surface area contributed by atoms with Gasteiger partial charge in [-0.15, -0.1) is 12.8 Å². The van der Waals surface area contributed by atoms with Crippen molar-refractivity contribution < 1.29 is 5.71 Å². The van der Waals surface area contributed by atoms with Crippen molar-refractivity contribution in [1.29, 1.82) is 0 Å². The van der Waals surface area contributed by atoms with Gasteiger partial charge in [-0.25, -0.2) is 0 Å². The summed E-state index contributed by atoms with van der Waals surface area (Å²) >= 11 is 0. The Balaban J connectivity index is -0.000000562. The fourth-order valence-electron chi connectivity index (χ4n) is 3.00. The molecule has 0 atom stereocenters. The molecule has 32 heavy (non-hydrogen) atoms. The molecule has 0 aromatic heterocycles. The smallest absolute Gasteiger partial charge is 0 e. The van der Waals surface area contributed by atoms with E-state index in [-0.39, 0.29) is 11.1 Å². The van der Waals surface area contributed by atoms with Crippen LogP contribution in [0.3, 0.4) is 0 Å². The van der Waals surface area contributed by atoms with Crippen LogP contribution in [0.1, 0.15) is 32.0 Å². The van der Waals surface area contributed by atoms with E-state index in [1.165, 1.54) is 27.1 Å². The molecule has 0 fully saturated rings. The van der Waals surface area contributed by atoms with Crippen molar-refractivity contribution in [3.05, 3.63) is 60.2 Å². The molecule has 0 unspecified atom stereocenters. The van der Waals surface area contributed by atoms with Crippen LogP contribution >= 0.6 is 0 Å². The van der Waals surface area contributed by atoms with Crippen LogP contribution in [0, 0.1) is 83.9 Å². The Bertz CT molecular complexity index is 1500. The fourth-order valence-corrected chi connectivity index (χ4v) is 3.00. The third-order valence-electron chi connectivity index (χ3n) is 4.28. The van der Waals surface area contributed by atoms with E-state index < -0.39 is 0 Å². The number of fused-ring (bicyclic) bond motifs is 3.